The van der Waals surface area contributed by atoms with Crippen molar-refractivity contribution in [3.63, 3.8) is 0 Å². The van der Waals surface area contributed by atoms with Crippen molar-refractivity contribution >= 4 is 23.1 Å². The van der Waals surface area contributed by atoms with Crippen LogP contribution in [0.2, 0.25) is 0 Å². The highest BCUT2D eigenvalue weighted by Gasteiger charge is 2.15. The average molecular weight is 322 g/mol. The van der Waals surface area contributed by atoms with Crippen molar-refractivity contribution in [3.8, 4) is 0 Å². The fourth-order valence-electron chi connectivity index (χ4n) is 2.53. The van der Waals surface area contributed by atoms with E-state index in [-0.39, 0.29) is 5.56 Å². The van der Waals surface area contributed by atoms with E-state index < -0.39 is 0 Å². The van der Waals surface area contributed by atoms with Gasteiger partial charge in [-0.25, -0.2) is 4.99 Å². The average Bonchev–Trinajstić information content (AvgIpc) is 2.92. The Bertz CT molecular complexity index is 993. The van der Waals surface area contributed by atoms with Gasteiger partial charge in [0.25, 0.3) is 5.56 Å². The van der Waals surface area contributed by atoms with Gasteiger partial charge in [-0.1, -0.05) is 35.6 Å². The first-order valence-corrected chi connectivity index (χ1v) is 8.09. The van der Waals surface area contributed by atoms with Crippen LogP contribution in [0, 0.1) is 0 Å². The first kappa shape index (κ1) is 13.9. The monoisotopic (exact) mass is 322 g/mol. The fraction of sp³-hybridized carbons (Fsp3) is 0.118. The van der Waals surface area contributed by atoms with E-state index in [2.05, 4.69) is 14.9 Å². The van der Waals surface area contributed by atoms with E-state index in [1.165, 1.54) is 11.3 Å². The molecule has 1 aliphatic heterocycles. The molecule has 0 atom stereocenters. The molecule has 3 heterocycles. The summed E-state index contributed by atoms with van der Waals surface area (Å²) in [6, 6.07) is 13.8. The summed E-state index contributed by atoms with van der Waals surface area (Å²) >= 11 is 1.43. The molecule has 0 amide bonds. The molecule has 2 aromatic heterocycles. The molecule has 1 aliphatic rings. The van der Waals surface area contributed by atoms with Crippen molar-refractivity contribution in [2.24, 2.45) is 4.99 Å². The highest BCUT2D eigenvalue weighted by atomic mass is 32.1. The van der Waals surface area contributed by atoms with E-state index in [1.807, 2.05) is 48.5 Å². The van der Waals surface area contributed by atoms with Gasteiger partial charge < -0.3 is 4.90 Å². The van der Waals surface area contributed by atoms with Crippen LogP contribution in [0.5, 0.6) is 0 Å². The second-order valence-electron chi connectivity index (χ2n) is 5.23. The second kappa shape index (κ2) is 5.81. The van der Waals surface area contributed by atoms with Crippen molar-refractivity contribution in [2.45, 2.75) is 6.67 Å². The van der Waals surface area contributed by atoms with Crippen molar-refractivity contribution in [3.05, 3.63) is 80.1 Å². The zero-order valence-electron chi connectivity index (χ0n) is 12.3. The Hall–Kier alpha value is -2.73. The van der Waals surface area contributed by atoms with Crippen LogP contribution in [0.15, 0.2) is 64.6 Å². The van der Waals surface area contributed by atoms with Crippen LogP contribution in [0.3, 0.4) is 0 Å². The van der Waals surface area contributed by atoms with Crippen LogP contribution < -0.4 is 19.8 Å². The van der Waals surface area contributed by atoms with Gasteiger partial charge >= 0.3 is 0 Å². The number of aromatic nitrogens is 2. The molecule has 1 aromatic carbocycles. The van der Waals surface area contributed by atoms with Gasteiger partial charge in [-0.3, -0.25) is 14.3 Å². The van der Waals surface area contributed by atoms with Crippen LogP contribution in [-0.4, -0.2) is 16.2 Å². The van der Waals surface area contributed by atoms with Crippen molar-refractivity contribution < 1.29 is 0 Å². The van der Waals surface area contributed by atoms with E-state index in [0.29, 0.717) is 17.9 Å². The van der Waals surface area contributed by atoms with E-state index in [1.54, 1.807) is 17.0 Å². The molecule has 0 spiro atoms. The second-order valence-corrected chi connectivity index (χ2v) is 6.24. The zero-order valence-corrected chi connectivity index (χ0v) is 13.1. The Kier molecular flexibility index (Phi) is 3.51. The summed E-state index contributed by atoms with van der Waals surface area (Å²) in [5.41, 5.74) is 1.99. The van der Waals surface area contributed by atoms with Gasteiger partial charge in [0.2, 0.25) is 0 Å². The summed E-state index contributed by atoms with van der Waals surface area (Å²) in [6.07, 6.45) is 5.33. The minimum atomic E-state index is -0.00164. The first-order valence-electron chi connectivity index (χ1n) is 7.27. The Labute approximate surface area is 136 Å². The van der Waals surface area contributed by atoms with Crippen LogP contribution in [-0.2, 0) is 6.67 Å². The van der Waals surface area contributed by atoms with Crippen LogP contribution >= 0.6 is 11.3 Å². The quantitative estimate of drug-likeness (QED) is 0.712. The minimum Gasteiger partial charge on any atom is -0.334 e. The third-order valence-corrected chi connectivity index (χ3v) is 4.72. The summed E-state index contributed by atoms with van der Waals surface area (Å²) in [5, 5.41) is 0. The Morgan fingerprint density at radius 1 is 1.13 bits per heavy atom. The molecule has 0 bridgehead atoms. The SMILES string of the molecule is O=c1c(=Cc2cccnc2)sc2n1CN(c1ccccc1)CN=2. The van der Waals surface area contributed by atoms with Gasteiger partial charge in [-0.2, -0.15) is 0 Å². The van der Waals surface area contributed by atoms with Gasteiger partial charge in [0.15, 0.2) is 4.80 Å². The molecule has 0 N–H and O–H groups in total. The summed E-state index contributed by atoms with van der Waals surface area (Å²) < 4.78 is 2.41. The molecule has 5 nitrogen and oxygen atoms in total. The van der Waals surface area contributed by atoms with Gasteiger partial charge in [0.1, 0.15) is 13.3 Å². The number of fused-ring (bicyclic) bond motifs is 1. The molecule has 0 fully saturated rings. The number of rotatable bonds is 2. The number of hydrogen-bond acceptors (Lipinski definition) is 5. The smallest absolute Gasteiger partial charge is 0.271 e. The molecule has 0 aliphatic carbocycles. The Morgan fingerprint density at radius 3 is 2.78 bits per heavy atom. The number of nitrogens with zero attached hydrogens (tertiary/aromatic N) is 4. The molecule has 23 heavy (non-hydrogen) atoms. The lowest BCUT2D eigenvalue weighted by atomic mass is 10.3. The summed E-state index contributed by atoms with van der Waals surface area (Å²) in [6.45, 7) is 1.09. The van der Waals surface area contributed by atoms with Crippen LogP contribution in [0.25, 0.3) is 6.08 Å². The lowest BCUT2D eigenvalue weighted by molar-refractivity contribution is 0.569. The number of thiazole rings is 1. The zero-order chi connectivity index (χ0) is 15.6. The summed E-state index contributed by atoms with van der Waals surface area (Å²) in [7, 11) is 0. The Morgan fingerprint density at radius 2 is 2.00 bits per heavy atom. The van der Waals surface area contributed by atoms with E-state index in [9.17, 15) is 4.79 Å². The number of pyridine rings is 1. The maximum atomic E-state index is 12.6. The molecular formula is C17H14N4OS. The minimum absolute atomic E-state index is 0.00164. The fourth-order valence-corrected chi connectivity index (χ4v) is 3.49. The number of hydrogen-bond donors (Lipinski definition) is 0. The van der Waals surface area contributed by atoms with Crippen molar-refractivity contribution in [1.82, 2.24) is 9.55 Å². The maximum absolute atomic E-state index is 12.6. The molecule has 0 saturated carbocycles. The number of benzene rings is 1. The molecule has 0 saturated heterocycles. The van der Waals surface area contributed by atoms with Gasteiger partial charge in [-0.15, -0.1) is 0 Å². The highest BCUT2D eigenvalue weighted by molar-refractivity contribution is 7.07. The molecule has 0 unspecified atom stereocenters. The predicted molar refractivity (Wildman–Crippen MR) is 91.0 cm³/mol. The molecule has 114 valence electrons. The maximum Gasteiger partial charge on any atom is 0.271 e. The Balaban J connectivity index is 1.74. The number of para-hydroxylation sites is 1. The van der Waals surface area contributed by atoms with Gasteiger partial charge in [0, 0.05) is 18.1 Å². The van der Waals surface area contributed by atoms with Crippen molar-refractivity contribution in [1.29, 1.82) is 0 Å². The van der Waals surface area contributed by atoms with Crippen LogP contribution in [0.1, 0.15) is 5.56 Å². The molecule has 4 rings (SSSR count). The predicted octanol–water partition coefficient (Wildman–Crippen LogP) is 1.19. The highest BCUT2D eigenvalue weighted by Crippen LogP contribution is 2.14. The third-order valence-electron chi connectivity index (χ3n) is 3.68. The van der Waals surface area contributed by atoms with E-state index >= 15 is 0 Å². The number of anilines is 1. The van der Waals surface area contributed by atoms with Crippen molar-refractivity contribution in [2.75, 3.05) is 11.6 Å². The largest absolute Gasteiger partial charge is 0.334 e. The standard InChI is InChI=1S/C17H14N4OS/c22-16-15(9-13-5-4-8-18-10-13)23-17-19-11-20(12-21(16)17)14-6-2-1-3-7-14/h1-10H,11-12H2. The van der Waals surface area contributed by atoms with E-state index in [4.69, 9.17) is 0 Å². The van der Waals surface area contributed by atoms with Crippen LogP contribution in [0.4, 0.5) is 5.69 Å². The van der Waals surface area contributed by atoms with Gasteiger partial charge in [-0.05, 0) is 29.8 Å². The molecule has 3 aromatic rings. The third kappa shape index (κ3) is 2.68. The molecular weight excluding hydrogens is 308 g/mol. The lowest BCUT2D eigenvalue weighted by Crippen LogP contribution is -2.42. The normalized spacial score (nSPS) is 14.4. The lowest BCUT2D eigenvalue weighted by Gasteiger charge is -2.25. The van der Waals surface area contributed by atoms with E-state index in [0.717, 1.165) is 16.1 Å². The first-order chi connectivity index (χ1) is 11.3. The summed E-state index contributed by atoms with van der Waals surface area (Å²) in [4.78, 5) is 24.1. The molecule has 6 heteroatoms. The topological polar surface area (TPSA) is 50.5 Å². The summed E-state index contributed by atoms with van der Waals surface area (Å²) in [5.74, 6) is 0. The molecule has 0 radical (unpaired) electrons. The van der Waals surface area contributed by atoms with Gasteiger partial charge in [0.05, 0.1) is 4.53 Å².